The Morgan fingerprint density at radius 2 is 1.67 bits per heavy atom. The van der Waals surface area contributed by atoms with Gasteiger partial charge in [-0.3, -0.25) is 9.48 Å². The van der Waals surface area contributed by atoms with Crippen molar-refractivity contribution in [2.45, 2.75) is 20.5 Å². The van der Waals surface area contributed by atoms with Crippen molar-refractivity contribution >= 4 is 11.6 Å². The van der Waals surface area contributed by atoms with E-state index in [9.17, 15) is 4.79 Å². The summed E-state index contributed by atoms with van der Waals surface area (Å²) in [6.07, 6.45) is 0. The molecule has 27 heavy (non-hydrogen) atoms. The van der Waals surface area contributed by atoms with Gasteiger partial charge in [0.05, 0.1) is 24.2 Å². The maximum Gasteiger partial charge on any atom is 0.255 e. The standard InChI is InChI=1S/C21H23N3O3/c1-14-20(15(2)24(3)23-14)22-21(25)17-7-5-16(6-8-17)13-27-19-11-9-18(26-4)10-12-19/h5-12H,13H2,1-4H3,(H,22,25). The Morgan fingerprint density at radius 3 is 2.22 bits per heavy atom. The second-order valence-electron chi connectivity index (χ2n) is 6.28. The van der Waals surface area contributed by atoms with Crippen molar-refractivity contribution in [1.82, 2.24) is 9.78 Å². The Hall–Kier alpha value is -3.28. The third-order valence-corrected chi connectivity index (χ3v) is 4.43. The van der Waals surface area contributed by atoms with Crippen LogP contribution in [0.2, 0.25) is 0 Å². The van der Waals surface area contributed by atoms with Gasteiger partial charge < -0.3 is 14.8 Å². The molecule has 0 aliphatic heterocycles. The molecule has 0 saturated carbocycles. The van der Waals surface area contributed by atoms with E-state index in [2.05, 4.69) is 10.4 Å². The average molecular weight is 365 g/mol. The number of rotatable bonds is 6. The van der Waals surface area contributed by atoms with E-state index < -0.39 is 0 Å². The second-order valence-corrected chi connectivity index (χ2v) is 6.28. The van der Waals surface area contributed by atoms with Crippen LogP contribution in [0, 0.1) is 13.8 Å². The molecule has 140 valence electrons. The van der Waals surface area contributed by atoms with Crippen molar-refractivity contribution in [3.05, 3.63) is 71.0 Å². The lowest BCUT2D eigenvalue weighted by atomic mass is 10.1. The number of nitrogens with zero attached hydrogens (tertiary/aromatic N) is 2. The lowest BCUT2D eigenvalue weighted by Gasteiger charge is -2.09. The van der Waals surface area contributed by atoms with Gasteiger partial charge >= 0.3 is 0 Å². The van der Waals surface area contributed by atoms with Crippen LogP contribution >= 0.6 is 0 Å². The van der Waals surface area contributed by atoms with Crippen LogP contribution in [-0.2, 0) is 13.7 Å². The lowest BCUT2D eigenvalue weighted by molar-refractivity contribution is 0.102. The number of aryl methyl sites for hydroxylation is 2. The quantitative estimate of drug-likeness (QED) is 0.720. The normalized spacial score (nSPS) is 10.5. The molecule has 1 heterocycles. The van der Waals surface area contributed by atoms with Gasteiger partial charge in [-0.2, -0.15) is 5.10 Å². The number of aromatic nitrogens is 2. The minimum absolute atomic E-state index is 0.156. The monoisotopic (exact) mass is 365 g/mol. The molecule has 0 aliphatic carbocycles. The molecule has 0 fully saturated rings. The number of anilines is 1. The van der Waals surface area contributed by atoms with Crippen LogP contribution in [0.1, 0.15) is 27.3 Å². The summed E-state index contributed by atoms with van der Waals surface area (Å²) in [5.41, 5.74) is 4.05. The largest absolute Gasteiger partial charge is 0.497 e. The fourth-order valence-corrected chi connectivity index (χ4v) is 2.73. The van der Waals surface area contributed by atoms with Crippen LogP contribution in [0.3, 0.4) is 0 Å². The molecule has 1 amide bonds. The predicted octanol–water partition coefficient (Wildman–Crippen LogP) is 3.88. The summed E-state index contributed by atoms with van der Waals surface area (Å²) in [7, 11) is 3.49. The first kappa shape index (κ1) is 18.5. The van der Waals surface area contributed by atoms with E-state index in [-0.39, 0.29) is 5.91 Å². The van der Waals surface area contributed by atoms with Crippen molar-refractivity contribution < 1.29 is 14.3 Å². The van der Waals surface area contributed by atoms with Gasteiger partial charge in [0.25, 0.3) is 5.91 Å². The van der Waals surface area contributed by atoms with E-state index in [0.29, 0.717) is 12.2 Å². The van der Waals surface area contributed by atoms with Crippen molar-refractivity contribution in [3.63, 3.8) is 0 Å². The predicted molar refractivity (Wildman–Crippen MR) is 104 cm³/mol. The fraction of sp³-hybridized carbons (Fsp3) is 0.238. The molecular formula is C21H23N3O3. The Kier molecular flexibility index (Phi) is 5.45. The first-order valence-electron chi connectivity index (χ1n) is 8.65. The van der Waals surface area contributed by atoms with Gasteiger partial charge in [0.1, 0.15) is 18.1 Å². The molecule has 0 unspecified atom stereocenters. The molecule has 3 rings (SSSR count). The molecule has 0 saturated heterocycles. The Balaban J connectivity index is 1.61. The molecule has 0 atom stereocenters. The molecule has 1 aromatic heterocycles. The van der Waals surface area contributed by atoms with Crippen LogP contribution in [-0.4, -0.2) is 22.8 Å². The van der Waals surface area contributed by atoms with Crippen molar-refractivity contribution in [1.29, 1.82) is 0 Å². The molecule has 0 spiro atoms. The Bertz CT molecular complexity index is 929. The van der Waals surface area contributed by atoms with Crippen LogP contribution in [0.5, 0.6) is 11.5 Å². The summed E-state index contributed by atoms with van der Waals surface area (Å²) in [6, 6.07) is 14.8. The number of hydrogen-bond acceptors (Lipinski definition) is 4. The van der Waals surface area contributed by atoms with Crippen LogP contribution in [0.15, 0.2) is 48.5 Å². The molecule has 2 aromatic carbocycles. The number of carbonyl (C=O) groups excluding carboxylic acids is 1. The maximum atomic E-state index is 12.5. The summed E-state index contributed by atoms with van der Waals surface area (Å²) >= 11 is 0. The van der Waals surface area contributed by atoms with Crippen molar-refractivity contribution in [3.8, 4) is 11.5 Å². The third kappa shape index (κ3) is 4.28. The van der Waals surface area contributed by atoms with Gasteiger partial charge in [0.15, 0.2) is 0 Å². The van der Waals surface area contributed by atoms with Gasteiger partial charge in [0.2, 0.25) is 0 Å². The van der Waals surface area contributed by atoms with Gasteiger partial charge in [-0.1, -0.05) is 12.1 Å². The van der Waals surface area contributed by atoms with Crippen LogP contribution < -0.4 is 14.8 Å². The van der Waals surface area contributed by atoms with Crippen molar-refractivity contribution in [2.75, 3.05) is 12.4 Å². The van der Waals surface area contributed by atoms with E-state index in [0.717, 1.165) is 34.1 Å². The minimum atomic E-state index is -0.156. The van der Waals surface area contributed by atoms with E-state index in [1.54, 1.807) is 23.9 Å². The first-order valence-corrected chi connectivity index (χ1v) is 8.65. The smallest absolute Gasteiger partial charge is 0.255 e. The molecule has 0 aliphatic rings. The number of methoxy groups -OCH3 is 1. The summed E-state index contributed by atoms with van der Waals surface area (Å²) in [4.78, 5) is 12.5. The average Bonchev–Trinajstić information content (AvgIpc) is 2.93. The number of carbonyl (C=O) groups is 1. The van der Waals surface area contributed by atoms with Crippen molar-refractivity contribution in [2.24, 2.45) is 7.05 Å². The molecule has 6 nitrogen and oxygen atoms in total. The maximum absolute atomic E-state index is 12.5. The van der Waals surface area contributed by atoms with Crippen LogP contribution in [0.25, 0.3) is 0 Å². The number of hydrogen-bond donors (Lipinski definition) is 1. The fourth-order valence-electron chi connectivity index (χ4n) is 2.73. The SMILES string of the molecule is COc1ccc(OCc2ccc(C(=O)Nc3c(C)nn(C)c3C)cc2)cc1. The first-order chi connectivity index (χ1) is 13.0. The van der Waals surface area contributed by atoms with E-state index in [1.165, 1.54) is 0 Å². The van der Waals surface area contributed by atoms with E-state index in [1.807, 2.05) is 57.3 Å². The van der Waals surface area contributed by atoms with Crippen LogP contribution in [0.4, 0.5) is 5.69 Å². The third-order valence-electron chi connectivity index (χ3n) is 4.43. The summed E-state index contributed by atoms with van der Waals surface area (Å²) in [5.74, 6) is 1.40. The zero-order valence-electron chi connectivity index (χ0n) is 15.9. The highest BCUT2D eigenvalue weighted by molar-refractivity contribution is 6.04. The molecule has 1 N–H and O–H groups in total. The molecular weight excluding hydrogens is 342 g/mol. The van der Waals surface area contributed by atoms with Gasteiger partial charge in [-0.05, 0) is 55.8 Å². The van der Waals surface area contributed by atoms with Gasteiger partial charge in [-0.25, -0.2) is 0 Å². The molecule has 6 heteroatoms. The molecule has 3 aromatic rings. The highest BCUT2D eigenvalue weighted by Crippen LogP contribution is 2.20. The zero-order chi connectivity index (χ0) is 19.4. The molecule has 0 bridgehead atoms. The number of benzene rings is 2. The van der Waals surface area contributed by atoms with E-state index in [4.69, 9.17) is 9.47 Å². The summed E-state index contributed by atoms with van der Waals surface area (Å²) < 4.78 is 12.6. The summed E-state index contributed by atoms with van der Waals surface area (Å²) in [5, 5.41) is 7.25. The van der Waals surface area contributed by atoms with Gasteiger partial charge in [-0.15, -0.1) is 0 Å². The number of nitrogens with one attached hydrogen (secondary N) is 1. The second kappa shape index (κ2) is 7.95. The zero-order valence-corrected chi connectivity index (χ0v) is 15.9. The highest BCUT2D eigenvalue weighted by Gasteiger charge is 2.13. The summed E-state index contributed by atoms with van der Waals surface area (Å²) in [6.45, 7) is 4.23. The number of ether oxygens (including phenoxy) is 2. The Morgan fingerprint density at radius 1 is 1.04 bits per heavy atom. The highest BCUT2D eigenvalue weighted by atomic mass is 16.5. The minimum Gasteiger partial charge on any atom is -0.497 e. The van der Waals surface area contributed by atoms with E-state index >= 15 is 0 Å². The Labute approximate surface area is 158 Å². The topological polar surface area (TPSA) is 65.4 Å². The van der Waals surface area contributed by atoms with Gasteiger partial charge in [0, 0.05) is 12.6 Å². The number of amides is 1. The lowest BCUT2D eigenvalue weighted by Crippen LogP contribution is -2.13. The molecule has 0 radical (unpaired) electrons.